The molecule has 0 heterocycles. The molecular formula is C15H12F2O. The SMILES string of the molecule is Cc1cc(F)ccc1C(=O)Cc1cccc(F)c1. The normalized spacial score (nSPS) is 10.4. The minimum absolute atomic E-state index is 0.115. The maximum absolute atomic E-state index is 13.0. The van der Waals surface area contributed by atoms with Crippen molar-refractivity contribution in [3.05, 3.63) is 70.8 Å². The number of benzene rings is 2. The highest BCUT2D eigenvalue weighted by molar-refractivity contribution is 5.98. The Morgan fingerprint density at radius 1 is 1.06 bits per heavy atom. The van der Waals surface area contributed by atoms with Crippen LogP contribution in [0.2, 0.25) is 0 Å². The summed E-state index contributed by atoms with van der Waals surface area (Å²) in [5.74, 6) is -0.871. The lowest BCUT2D eigenvalue weighted by Crippen LogP contribution is -2.06. The van der Waals surface area contributed by atoms with E-state index in [0.29, 0.717) is 16.7 Å². The second-order valence-electron chi connectivity index (χ2n) is 4.19. The molecule has 0 aliphatic rings. The van der Waals surface area contributed by atoms with Gasteiger partial charge in [-0.1, -0.05) is 12.1 Å². The van der Waals surface area contributed by atoms with Crippen LogP contribution in [0.4, 0.5) is 8.78 Å². The topological polar surface area (TPSA) is 17.1 Å². The molecule has 0 saturated carbocycles. The highest BCUT2D eigenvalue weighted by Gasteiger charge is 2.10. The Morgan fingerprint density at radius 3 is 2.44 bits per heavy atom. The van der Waals surface area contributed by atoms with Crippen LogP contribution in [0.5, 0.6) is 0 Å². The van der Waals surface area contributed by atoms with Crippen LogP contribution in [0.3, 0.4) is 0 Å². The Kier molecular flexibility index (Phi) is 3.51. The van der Waals surface area contributed by atoms with Gasteiger partial charge in [0.2, 0.25) is 0 Å². The molecule has 0 saturated heterocycles. The summed E-state index contributed by atoms with van der Waals surface area (Å²) >= 11 is 0. The fourth-order valence-corrected chi connectivity index (χ4v) is 1.87. The zero-order chi connectivity index (χ0) is 13.1. The molecular weight excluding hydrogens is 234 g/mol. The number of carbonyl (C=O) groups excluding carboxylic acids is 1. The standard InChI is InChI=1S/C15H12F2O/c1-10-7-13(17)5-6-14(10)15(18)9-11-3-2-4-12(16)8-11/h2-8H,9H2,1H3. The van der Waals surface area contributed by atoms with E-state index >= 15 is 0 Å². The summed E-state index contributed by atoms with van der Waals surface area (Å²) in [5.41, 5.74) is 1.68. The van der Waals surface area contributed by atoms with Gasteiger partial charge in [-0.05, 0) is 48.4 Å². The minimum Gasteiger partial charge on any atom is -0.294 e. The molecule has 2 rings (SSSR count). The van der Waals surface area contributed by atoms with Crippen molar-refractivity contribution in [2.45, 2.75) is 13.3 Å². The van der Waals surface area contributed by atoms with Gasteiger partial charge < -0.3 is 0 Å². The van der Waals surface area contributed by atoms with E-state index in [2.05, 4.69) is 0 Å². The van der Waals surface area contributed by atoms with Gasteiger partial charge in [0.15, 0.2) is 5.78 Å². The molecule has 92 valence electrons. The van der Waals surface area contributed by atoms with E-state index in [1.165, 1.54) is 30.3 Å². The molecule has 0 unspecified atom stereocenters. The van der Waals surface area contributed by atoms with Gasteiger partial charge in [-0.15, -0.1) is 0 Å². The van der Waals surface area contributed by atoms with Crippen molar-refractivity contribution in [3.63, 3.8) is 0 Å². The number of hydrogen-bond donors (Lipinski definition) is 0. The van der Waals surface area contributed by atoms with E-state index in [1.54, 1.807) is 19.1 Å². The third kappa shape index (κ3) is 2.80. The van der Waals surface area contributed by atoms with E-state index < -0.39 is 0 Å². The molecule has 0 atom stereocenters. The molecule has 0 bridgehead atoms. The summed E-state index contributed by atoms with van der Waals surface area (Å²) in [5, 5.41) is 0. The van der Waals surface area contributed by atoms with E-state index in [4.69, 9.17) is 0 Å². The number of rotatable bonds is 3. The third-order valence-corrected chi connectivity index (χ3v) is 2.74. The smallest absolute Gasteiger partial charge is 0.167 e. The number of Topliss-reactive ketones (excluding diaryl/α,β-unsaturated/α-hetero) is 1. The van der Waals surface area contributed by atoms with Crippen molar-refractivity contribution in [1.29, 1.82) is 0 Å². The largest absolute Gasteiger partial charge is 0.294 e. The molecule has 2 aromatic carbocycles. The van der Waals surface area contributed by atoms with Crippen LogP contribution < -0.4 is 0 Å². The number of halogens is 2. The lowest BCUT2D eigenvalue weighted by Gasteiger charge is -2.05. The molecule has 0 radical (unpaired) electrons. The highest BCUT2D eigenvalue weighted by Crippen LogP contribution is 2.14. The monoisotopic (exact) mass is 246 g/mol. The van der Waals surface area contributed by atoms with E-state index in [9.17, 15) is 13.6 Å². The first-order valence-electron chi connectivity index (χ1n) is 5.60. The molecule has 3 heteroatoms. The Morgan fingerprint density at radius 2 is 1.78 bits per heavy atom. The van der Waals surface area contributed by atoms with Crippen LogP contribution >= 0.6 is 0 Å². The molecule has 0 aliphatic heterocycles. The third-order valence-electron chi connectivity index (χ3n) is 2.74. The van der Waals surface area contributed by atoms with E-state index in [0.717, 1.165) is 0 Å². The quantitative estimate of drug-likeness (QED) is 0.755. The molecule has 1 nitrogen and oxygen atoms in total. The van der Waals surface area contributed by atoms with Gasteiger partial charge in [-0.3, -0.25) is 4.79 Å². The van der Waals surface area contributed by atoms with Gasteiger partial charge in [0.1, 0.15) is 11.6 Å². The Balaban J connectivity index is 2.22. The summed E-state index contributed by atoms with van der Waals surface area (Å²) < 4.78 is 25.9. The van der Waals surface area contributed by atoms with Crippen molar-refractivity contribution in [2.75, 3.05) is 0 Å². The molecule has 0 amide bonds. The molecule has 0 N–H and O–H groups in total. The molecule has 0 spiro atoms. The Labute approximate surface area is 104 Å². The summed E-state index contributed by atoms with van der Waals surface area (Å²) in [6.07, 6.45) is 0.115. The number of carbonyl (C=O) groups is 1. The average molecular weight is 246 g/mol. The molecule has 2 aromatic rings. The van der Waals surface area contributed by atoms with Gasteiger partial charge in [0.25, 0.3) is 0 Å². The fourth-order valence-electron chi connectivity index (χ4n) is 1.87. The number of ketones is 1. The van der Waals surface area contributed by atoms with Gasteiger partial charge in [0, 0.05) is 12.0 Å². The number of hydrogen-bond acceptors (Lipinski definition) is 1. The number of aryl methyl sites for hydroxylation is 1. The predicted molar refractivity (Wildman–Crippen MR) is 65.6 cm³/mol. The van der Waals surface area contributed by atoms with Crippen LogP contribution in [0.1, 0.15) is 21.5 Å². The van der Waals surface area contributed by atoms with Crippen LogP contribution in [0.25, 0.3) is 0 Å². The van der Waals surface area contributed by atoms with Crippen molar-refractivity contribution in [2.24, 2.45) is 0 Å². The first kappa shape index (κ1) is 12.4. The molecule has 0 aromatic heterocycles. The lowest BCUT2D eigenvalue weighted by molar-refractivity contribution is 0.0992. The van der Waals surface area contributed by atoms with Crippen molar-refractivity contribution in [1.82, 2.24) is 0 Å². The van der Waals surface area contributed by atoms with Crippen LogP contribution in [-0.2, 0) is 6.42 Å². The summed E-state index contributed by atoms with van der Waals surface area (Å²) in [6, 6.07) is 9.96. The molecule has 0 fully saturated rings. The summed E-state index contributed by atoms with van der Waals surface area (Å²) in [4.78, 5) is 12.0. The van der Waals surface area contributed by atoms with Crippen molar-refractivity contribution >= 4 is 5.78 Å². The van der Waals surface area contributed by atoms with Crippen molar-refractivity contribution in [3.8, 4) is 0 Å². The lowest BCUT2D eigenvalue weighted by atomic mass is 9.99. The first-order valence-corrected chi connectivity index (χ1v) is 5.60. The summed E-state index contributed by atoms with van der Waals surface area (Å²) in [7, 11) is 0. The maximum Gasteiger partial charge on any atom is 0.167 e. The predicted octanol–water partition coefficient (Wildman–Crippen LogP) is 3.70. The zero-order valence-corrected chi connectivity index (χ0v) is 9.91. The highest BCUT2D eigenvalue weighted by atomic mass is 19.1. The van der Waals surface area contributed by atoms with Gasteiger partial charge in [0.05, 0.1) is 0 Å². The van der Waals surface area contributed by atoms with Crippen LogP contribution in [-0.4, -0.2) is 5.78 Å². The van der Waals surface area contributed by atoms with E-state index in [-0.39, 0.29) is 23.8 Å². The van der Waals surface area contributed by atoms with Gasteiger partial charge in [-0.25, -0.2) is 8.78 Å². The van der Waals surface area contributed by atoms with Crippen molar-refractivity contribution < 1.29 is 13.6 Å². The molecule has 18 heavy (non-hydrogen) atoms. The maximum atomic E-state index is 13.0. The first-order chi connectivity index (χ1) is 8.56. The van der Waals surface area contributed by atoms with Gasteiger partial charge >= 0.3 is 0 Å². The van der Waals surface area contributed by atoms with Crippen LogP contribution in [0, 0.1) is 18.6 Å². The Hall–Kier alpha value is -2.03. The summed E-state index contributed by atoms with van der Waals surface area (Å²) in [6.45, 7) is 1.68. The van der Waals surface area contributed by atoms with Crippen LogP contribution in [0.15, 0.2) is 42.5 Å². The second kappa shape index (κ2) is 5.08. The average Bonchev–Trinajstić information content (AvgIpc) is 2.28. The Bertz CT molecular complexity index is 591. The molecule has 0 aliphatic carbocycles. The van der Waals surface area contributed by atoms with Gasteiger partial charge in [-0.2, -0.15) is 0 Å². The minimum atomic E-state index is -0.366. The van der Waals surface area contributed by atoms with E-state index in [1.807, 2.05) is 0 Å². The fraction of sp³-hybridized carbons (Fsp3) is 0.133. The second-order valence-corrected chi connectivity index (χ2v) is 4.19. The zero-order valence-electron chi connectivity index (χ0n) is 9.91.